The highest BCUT2D eigenvalue weighted by Crippen LogP contribution is 2.30. The van der Waals surface area contributed by atoms with Crippen LogP contribution in [-0.2, 0) is 4.79 Å². The Morgan fingerprint density at radius 1 is 1.12 bits per heavy atom. The monoisotopic (exact) mass is 444 g/mol. The van der Waals surface area contributed by atoms with Gasteiger partial charge in [-0.3, -0.25) is 9.59 Å². The number of nitrogens with zero attached hydrogens (tertiary/aromatic N) is 4. The molecule has 0 N–H and O–H groups in total. The number of likely N-dealkylation sites (tertiary alicyclic amines) is 2. The molecule has 0 aliphatic carbocycles. The van der Waals surface area contributed by atoms with Crippen molar-refractivity contribution in [3.8, 4) is 5.75 Å². The highest BCUT2D eigenvalue weighted by Gasteiger charge is 2.33. The van der Waals surface area contributed by atoms with Gasteiger partial charge in [-0.15, -0.1) is 0 Å². The van der Waals surface area contributed by atoms with E-state index < -0.39 is 11.6 Å². The second kappa shape index (κ2) is 9.58. The zero-order valence-corrected chi connectivity index (χ0v) is 18.0. The zero-order chi connectivity index (χ0) is 22.7. The molecule has 1 atom stereocenters. The van der Waals surface area contributed by atoms with E-state index >= 15 is 0 Å². The molecule has 1 aromatic heterocycles. The molecule has 0 spiro atoms. The minimum atomic E-state index is -0.858. The van der Waals surface area contributed by atoms with Crippen molar-refractivity contribution in [2.75, 3.05) is 26.2 Å². The number of halogens is 2. The van der Waals surface area contributed by atoms with Crippen molar-refractivity contribution < 1.29 is 23.1 Å². The number of hydrogen-bond acceptors (Lipinski definition) is 5. The van der Waals surface area contributed by atoms with Gasteiger partial charge in [-0.2, -0.15) is 0 Å². The Kier molecular flexibility index (Phi) is 6.62. The minimum absolute atomic E-state index is 0.0529. The summed E-state index contributed by atoms with van der Waals surface area (Å²) in [7, 11) is 0. The van der Waals surface area contributed by atoms with Gasteiger partial charge < -0.3 is 14.5 Å². The fourth-order valence-corrected chi connectivity index (χ4v) is 4.27. The van der Waals surface area contributed by atoms with Crippen molar-refractivity contribution in [2.24, 2.45) is 0 Å². The van der Waals surface area contributed by atoms with Gasteiger partial charge in [-0.25, -0.2) is 18.7 Å². The van der Waals surface area contributed by atoms with Crippen LogP contribution in [0, 0.1) is 18.6 Å². The summed E-state index contributed by atoms with van der Waals surface area (Å²) in [6, 6.07) is 2.61. The van der Waals surface area contributed by atoms with E-state index in [1.165, 1.54) is 0 Å². The number of carbonyl (C=O) groups is 2. The van der Waals surface area contributed by atoms with Gasteiger partial charge in [0.1, 0.15) is 5.82 Å². The first kappa shape index (κ1) is 22.1. The van der Waals surface area contributed by atoms with Gasteiger partial charge in [0, 0.05) is 31.9 Å². The molecule has 1 aromatic carbocycles. The summed E-state index contributed by atoms with van der Waals surface area (Å²) in [5.41, 5.74) is 1.08. The summed E-state index contributed by atoms with van der Waals surface area (Å²) in [5.74, 6) is -1.65. The Bertz CT molecular complexity index is 1010. The third-order valence-electron chi connectivity index (χ3n) is 5.99. The van der Waals surface area contributed by atoms with Gasteiger partial charge in [0.05, 0.1) is 17.3 Å². The Morgan fingerprint density at radius 2 is 1.91 bits per heavy atom. The molecule has 0 unspecified atom stereocenters. The molecule has 0 bridgehead atoms. The smallest absolute Gasteiger partial charge is 0.261 e. The number of aromatic nitrogens is 2. The first-order valence-electron chi connectivity index (χ1n) is 10.9. The van der Waals surface area contributed by atoms with Crippen LogP contribution in [0.4, 0.5) is 8.78 Å². The Hall–Kier alpha value is -3.10. The Morgan fingerprint density at radius 3 is 2.62 bits per heavy atom. The van der Waals surface area contributed by atoms with Gasteiger partial charge in [0.15, 0.2) is 24.0 Å². The van der Waals surface area contributed by atoms with Crippen LogP contribution in [0.1, 0.15) is 60.0 Å². The summed E-state index contributed by atoms with van der Waals surface area (Å²) < 4.78 is 32.1. The first-order chi connectivity index (χ1) is 15.4. The Balaban J connectivity index is 1.43. The van der Waals surface area contributed by atoms with E-state index in [9.17, 15) is 18.4 Å². The number of piperidine rings is 1. The first-order valence-corrected chi connectivity index (χ1v) is 10.9. The van der Waals surface area contributed by atoms with Crippen LogP contribution in [0.3, 0.4) is 0 Å². The van der Waals surface area contributed by atoms with E-state index in [1.807, 2.05) is 4.90 Å². The van der Waals surface area contributed by atoms with Crippen LogP contribution in [0.15, 0.2) is 24.4 Å². The predicted molar refractivity (Wildman–Crippen MR) is 112 cm³/mol. The number of amides is 2. The number of benzene rings is 1. The lowest BCUT2D eigenvalue weighted by molar-refractivity contribution is -0.134. The quantitative estimate of drug-likeness (QED) is 0.706. The summed E-state index contributed by atoms with van der Waals surface area (Å²) >= 11 is 0. The average Bonchev–Trinajstić information content (AvgIpc) is 3.28. The SMILES string of the molecule is Cc1nc([C@@H]2CCCN2C(=O)COc2ccc(F)cc2F)ncc1C(=O)N1CCCCC1. The third kappa shape index (κ3) is 4.71. The van der Waals surface area contributed by atoms with Crippen LogP contribution in [0.2, 0.25) is 0 Å². The Labute approximate surface area is 185 Å². The molecular weight excluding hydrogens is 418 g/mol. The fourth-order valence-electron chi connectivity index (χ4n) is 4.27. The summed E-state index contributed by atoms with van der Waals surface area (Å²) in [6.45, 7) is 3.42. The van der Waals surface area contributed by atoms with Crippen LogP contribution in [-0.4, -0.2) is 57.8 Å². The molecule has 2 aliphatic heterocycles. The lowest BCUT2D eigenvalue weighted by atomic mass is 10.1. The van der Waals surface area contributed by atoms with Crippen LogP contribution in [0.25, 0.3) is 0 Å². The maximum absolute atomic E-state index is 13.8. The van der Waals surface area contributed by atoms with E-state index in [0.29, 0.717) is 36.1 Å². The van der Waals surface area contributed by atoms with E-state index in [1.54, 1.807) is 18.0 Å². The number of carbonyl (C=O) groups excluding carboxylic acids is 2. The van der Waals surface area contributed by atoms with E-state index in [4.69, 9.17) is 4.74 Å². The highest BCUT2D eigenvalue weighted by atomic mass is 19.1. The predicted octanol–water partition coefficient (Wildman–Crippen LogP) is 3.43. The lowest BCUT2D eigenvalue weighted by Gasteiger charge is -2.27. The molecule has 2 amide bonds. The number of hydrogen-bond donors (Lipinski definition) is 0. The second-order valence-electron chi connectivity index (χ2n) is 8.19. The molecule has 32 heavy (non-hydrogen) atoms. The summed E-state index contributed by atoms with van der Waals surface area (Å²) in [4.78, 5) is 38.0. The molecule has 9 heteroatoms. The normalized spacial score (nSPS) is 18.7. The van der Waals surface area contributed by atoms with Gasteiger partial charge in [-0.05, 0) is 51.2 Å². The minimum Gasteiger partial charge on any atom is -0.481 e. The zero-order valence-electron chi connectivity index (χ0n) is 18.0. The largest absolute Gasteiger partial charge is 0.481 e. The average molecular weight is 444 g/mol. The van der Waals surface area contributed by atoms with Crippen molar-refractivity contribution in [3.05, 3.63) is 53.1 Å². The molecule has 2 aromatic rings. The van der Waals surface area contributed by atoms with E-state index in [2.05, 4.69) is 9.97 Å². The molecular formula is C23H26F2N4O3. The van der Waals surface area contributed by atoms with Gasteiger partial charge >= 0.3 is 0 Å². The topological polar surface area (TPSA) is 75.6 Å². The number of aryl methyl sites for hydroxylation is 1. The molecule has 2 saturated heterocycles. The number of ether oxygens (including phenoxy) is 1. The van der Waals surface area contributed by atoms with Crippen molar-refractivity contribution in [1.82, 2.24) is 19.8 Å². The number of rotatable bonds is 5. The van der Waals surface area contributed by atoms with E-state index in [0.717, 1.165) is 50.9 Å². The molecule has 4 rings (SSSR count). The van der Waals surface area contributed by atoms with Crippen molar-refractivity contribution in [3.63, 3.8) is 0 Å². The van der Waals surface area contributed by atoms with Crippen LogP contribution in [0.5, 0.6) is 5.75 Å². The molecule has 0 radical (unpaired) electrons. The molecule has 7 nitrogen and oxygen atoms in total. The molecule has 170 valence electrons. The molecule has 3 heterocycles. The highest BCUT2D eigenvalue weighted by molar-refractivity contribution is 5.95. The lowest BCUT2D eigenvalue weighted by Crippen LogP contribution is -2.37. The van der Waals surface area contributed by atoms with Crippen molar-refractivity contribution in [2.45, 2.75) is 45.1 Å². The fraction of sp³-hybridized carbons (Fsp3) is 0.478. The molecule has 2 aliphatic rings. The van der Waals surface area contributed by atoms with Gasteiger partial charge in [-0.1, -0.05) is 0 Å². The third-order valence-corrected chi connectivity index (χ3v) is 5.99. The van der Waals surface area contributed by atoms with Gasteiger partial charge in [0.25, 0.3) is 11.8 Å². The van der Waals surface area contributed by atoms with Crippen molar-refractivity contribution in [1.29, 1.82) is 0 Å². The van der Waals surface area contributed by atoms with Crippen molar-refractivity contribution >= 4 is 11.8 Å². The van der Waals surface area contributed by atoms with Gasteiger partial charge in [0.2, 0.25) is 0 Å². The summed E-state index contributed by atoms with van der Waals surface area (Å²) in [5, 5.41) is 0. The standard InChI is InChI=1S/C23H26F2N4O3/c1-15-17(23(31)28-9-3-2-4-10-28)13-26-22(27-15)19-6-5-11-29(19)21(30)14-32-20-8-7-16(24)12-18(20)25/h7-8,12-13,19H,2-6,9-11,14H2,1H3/t19-/m0/s1. The van der Waals surface area contributed by atoms with E-state index in [-0.39, 0.29) is 30.2 Å². The second-order valence-corrected chi connectivity index (χ2v) is 8.19. The molecule has 2 fully saturated rings. The van der Waals surface area contributed by atoms with Crippen LogP contribution >= 0.6 is 0 Å². The summed E-state index contributed by atoms with van der Waals surface area (Å²) in [6.07, 6.45) is 6.18. The molecule has 0 saturated carbocycles. The van der Waals surface area contributed by atoms with Crippen LogP contribution < -0.4 is 4.74 Å². The maximum Gasteiger partial charge on any atom is 0.261 e. The maximum atomic E-state index is 13.8.